The van der Waals surface area contributed by atoms with Crippen molar-refractivity contribution < 1.29 is 0 Å². The Morgan fingerprint density at radius 1 is 0.862 bits per heavy atom. The van der Waals surface area contributed by atoms with Crippen LogP contribution in [0.1, 0.15) is 37.8 Å². The summed E-state index contributed by atoms with van der Waals surface area (Å²) in [7, 11) is 0. The lowest BCUT2D eigenvalue weighted by molar-refractivity contribution is 0.661. The molecule has 2 aliphatic carbocycles. The van der Waals surface area contributed by atoms with E-state index in [1.54, 1.807) is 0 Å². The lowest BCUT2D eigenvalue weighted by Crippen LogP contribution is -2.14. The second kappa shape index (κ2) is 5.96. The first kappa shape index (κ1) is 17.3. The van der Waals surface area contributed by atoms with Gasteiger partial charge in [0, 0.05) is 26.4 Å². The molecule has 0 fully saturated rings. The van der Waals surface area contributed by atoms with Crippen molar-refractivity contribution in [3.05, 3.63) is 88.4 Å². The number of para-hydroxylation sites is 1. The van der Waals surface area contributed by atoms with Gasteiger partial charge >= 0.3 is 0 Å². The fraction of sp³-hybridized carbons (Fsp3) is 0.185. The van der Waals surface area contributed by atoms with E-state index >= 15 is 0 Å². The van der Waals surface area contributed by atoms with Crippen molar-refractivity contribution in [3.63, 3.8) is 0 Å². The van der Waals surface area contributed by atoms with Gasteiger partial charge in [-0.25, -0.2) is 0 Å². The Kier molecular flexibility index (Phi) is 3.56. The van der Waals surface area contributed by atoms with E-state index in [0.29, 0.717) is 0 Å². The molecule has 1 nitrogen and oxygen atoms in total. The Morgan fingerprint density at radius 2 is 1.69 bits per heavy atom. The van der Waals surface area contributed by atoms with Crippen LogP contribution in [0.2, 0.25) is 0 Å². The van der Waals surface area contributed by atoms with Crippen LogP contribution in [0.15, 0.2) is 77.3 Å². The second-order valence-electron chi connectivity index (χ2n) is 8.71. The van der Waals surface area contributed by atoms with Crippen molar-refractivity contribution in [2.45, 2.75) is 32.1 Å². The van der Waals surface area contributed by atoms with Gasteiger partial charge in [-0.1, -0.05) is 66.2 Å². The highest BCUT2D eigenvalue weighted by Crippen LogP contribution is 2.51. The van der Waals surface area contributed by atoms with Gasteiger partial charge in [-0.05, 0) is 71.5 Å². The van der Waals surface area contributed by atoms with E-state index in [9.17, 15) is 0 Å². The summed E-state index contributed by atoms with van der Waals surface area (Å²) in [6.45, 7) is 4.70. The molecule has 0 N–H and O–H groups in total. The zero-order chi connectivity index (χ0) is 19.8. The largest absolute Gasteiger partial charge is 0.313 e. The van der Waals surface area contributed by atoms with Gasteiger partial charge in [0.05, 0.1) is 11.0 Å². The fourth-order valence-corrected chi connectivity index (χ4v) is 5.62. The third-order valence-corrected chi connectivity index (χ3v) is 7.20. The molecule has 0 amide bonds. The summed E-state index contributed by atoms with van der Waals surface area (Å²) < 4.78 is 3.63. The molecule has 0 saturated heterocycles. The smallest absolute Gasteiger partial charge is 0.0544 e. The molecule has 0 aliphatic heterocycles. The molecular weight excluding hydrogens is 418 g/mol. The SMILES string of the molecule is CC1(C)c2cc(Br)ccc2-c2cc3c(cc21)c1ccccc1n3C1=CC=CCC1. The van der Waals surface area contributed by atoms with Crippen LogP contribution in [0.3, 0.4) is 0 Å². The van der Waals surface area contributed by atoms with Gasteiger partial charge in [0.2, 0.25) is 0 Å². The minimum absolute atomic E-state index is 0.00131. The zero-order valence-electron chi connectivity index (χ0n) is 16.7. The highest BCUT2D eigenvalue weighted by molar-refractivity contribution is 9.10. The minimum atomic E-state index is -0.00131. The van der Waals surface area contributed by atoms with Crippen LogP contribution in [0, 0.1) is 0 Å². The molecule has 0 bridgehead atoms. The number of benzene rings is 3. The number of allylic oxidation sites excluding steroid dienone is 4. The summed E-state index contributed by atoms with van der Waals surface area (Å²) in [5, 5.41) is 2.70. The molecular formula is C27H22BrN. The third-order valence-electron chi connectivity index (χ3n) is 6.71. The Hall–Kier alpha value is -2.58. The molecule has 1 aromatic heterocycles. The minimum Gasteiger partial charge on any atom is -0.313 e. The molecule has 0 atom stereocenters. The highest BCUT2D eigenvalue weighted by Gasteiger charge is 2.36. The predicted octanol–water partition coefficient (Wildman–Crippen LogP) is 8.05. The number of fused-ring (bicyclic) bond motifs is 6. The molecule has 1 heterocycles. The van der Waals surface area contributed by atoms with E-state index in [1.165, 1.54) is 49.8 Å². The average Bonchev–Trinajstić information content (AvgIpc) is 3.17. The maximum atomic E-state index is 3.68. The Morgan fingerprint density at radius 3 is 2.52 bits per heavy atom. The molecule has 142 valence electrons. The molecule has 2 aliphatic rings. The summed E-state index contributed by atoms with van der Waals surface area (Å²) in [6, 6.07) is 20.5. The molecule has 0 saturated carbocycles. The molecule has 0 unspecified atom stereocenters. The first-order valence-corrected chi connectivity index (χ1v) is 11.1. The van der Waals surface area contributed by atoms with Gasteiger partial charge in [-0.3, -0.25) is 0 Å². The first-order chi connectivity index (χ1) is 14.1. The van der Waals surface area contributed by atoms with Gasteiger partial charge in [-0.15, -0.1) is 0 Å². The van der Waals surface area contributed by atoms with Gasteiger partial charge in [0.15, 0.2) is 0 Å². The Labute approximate surface area is 179 Å². The number of hydrogen-bond donors (Lipinski definition) is 0. The van der Waals surface area contributed by atoms with E-state index in [1.807, 2.05) is 0 Å². The molecule has 3 aromatic carbocycles. The quantitative estimate of drug-likeness (QED) is 0.282. The number of hydrogen-bond acceptors (Lipinski definition) is 0. The number of aromatic nitrogens is 1. The Balaban J connectivity index is 1.75. The van der Waals surface area contributed by atoms with E-state index < -0.39 is 0 Å². The van der Waals surface area contributed by atoms with E-state index in [2.05, 4.69) is 107 Å². The maximum absolute atomic E-state index is 3.68. The maximum Gasteiger partial charge on any atom is 0.0544 e. The Bertz CT molecular complexity index is 1380. The summed E-state index contributed by atoms with van der Waals surface area (Å²) in [4.78, 5) is 0. The lowest BCUT2D eigenvalue weighted by atomic mass is 9.82. The van der Waals surface area contributed by atoms with Crippen molar-refractivity contribution in [2.75, 3.05) is 0 Å². The van der Waals surface area contributed by atoms with E-state index in [4.69, 9.17) is 0 Å². The van der Waals surface area contributed by atoms with Gasteiger partial charge in [0.1, 0.15) is 0 Å². The van der Waals surface area contributed by atoms with E-state index in [0.717, 1.165) is 17.3 Å². The molecule has 6 rings (SSSR count). The number of nitrogens with zero attached hydrogens (tertiary/aromatic N) is 1. The summed E-state index contributed by atoms with van der Waals surface area (Å²) in [5.74, 6) is 0. The molecule has 2 heteroatoms. The van der Waals surface area contributed by atoms with Crippen LogP contribution in [0.25, 0.3) is 38.6 Å². The van der Waals surface area contributed by atoms with Crippen LogP contribution >= 0.6 is 15.9 Å². The van der Waals surface area contributed by atoms with Crippen molar-refractivity contribution in [3.8, 4) is 11.1 Å². The molecule has 4 aromatic rings. The number of halogens is 1. The first-order valence-electron chi connectivity index (χ1n) is 10.3. The topological polar surface area (TPSA) is 4.93 Å². The summed E-state index contributed by atoms with van der Waals surface area (Å²) >= 11 is 3.68. The van der Waals surface area contributed by atoms with Crippen LogP contribution < -0.4 is 0 Å². The molecule has 0 radical (unpaired) electrons. The van der Waals surface area contributed by atoms with Crippen LogP contribution in [0.5, 0.6) is 0 Å². The summed E-state index contributed by atoms with van der Waals surface area (Å²) in [5.41, 5.74) is 9.58. The number of rotatable bonds is 1. The third kappa shape index (κ3) is 2.33. The standard InChI is InChI=1S/C27H22BrN/c1-27(2)23-14-17(28)12-13-19(23)21-16-26-22(15-24(21)27)20-10-6-7-11-25(20)29(26)18-8-4-3-5-9-18/h3-4,6-8,10-16H,5,9H2,1-2H3. The predicted molar refractivity (Wildman–Crippen MR) is 127 cm³/mol. The second-order valence-corrected chi connectivity index (χ2v) is 9.62. The summed E-state index contributed by atoms with van der Waals surface area (Å²) in [6.07, 6.45) is 8.91. The zero-order valence-corrected chi connectivity index (χ0v) is 18.3. The van der Waals surface area contributed by atoms with Gasteiger partial charge in [-0.2, -0.15) is 0 Å². The van der Waals surface area contributed by atoms with Gasteiger partial charge in [0.25, 0.3) is 0 Å². The van der Waals surface area contributed by atoms with Crippen LogP contribution in [0.4, 0.5) is 0 Å². The molecule has 29 heavy (non-hydrogen) atoms. The van der Waals surface area contributed by atoms with Crippen molar-refractivity contribution >= 4 is 43.4 Å². The van der Waals surface area contributed by atoms with Gasteiger partial charge < -0.3 is 4.57 Å². The highest BCUT2D eigenvalue weighted by atomic mass is 79.9. The molecule has 0 spiro atoms. The normalized spacial score (nSPS) is 16.9. The van der Waals surface area contributed by atoms with Crippen molar-refractivity contribution in [1.82, 2.24) is 4.57 Å². The average molecular weight is 440 g/mol. The fourth-order valence-electron chi connectivity index (χ4n) is 5.25. The van der Waals surface area contributed by atoms with Crippen molar-refractivity contribution in [1.29, 1.82) is 0 Å². The lowest BCUT2D eigenvalue weighted by Gasteiger charge is -2.22. The van der Waals surface area contributed by atoms with E-state index in [-0.39, 0.29) is 5.41 Å². The van der Waals surface area contributed by atoms with Crippen LogP contribution in [-0.2, 0) is 5.41 Å². The van der Waals surface area contributed by atoms with Crippen LogP contribution in [-0.4, -0.2) is 4.57 Å². The monoisotopic (exact) mass is 439 g/mol. The van der Waals surface area contributed by atoms with Crippen molar-refractivity contribution in [2.24, 2.45) is 0 Å².